The van der Waals surface area contributed by atoms with Crippen LogP contribution in [0.4, 0.5) is 0 Å². The Morgan fingerprint density at radius 2 is 2.00 bits per heavy atom. The Hall–Kier alpha value is -0.710. The second-order valence-corrected chi connectivity index (χ2v) is 2.95. The van der Waals surface area contributed by atoms with E-state index >= 15 is 0 Å². The van der Waals surface area contributed by atoms with Crippen LogP contribution in [0.5, 0.6) is 0 Å². The summed E-state index contributed by atoms with van der Waals surface area (Å²) in [7, 11) is 0. The Morgan fingerprint density at radius 3 is 2.10 bits per heavy atom. The van der Waals surface area contributed by atoms with Gasteiger partial charge in [-0.1, -0.05) is 0 Å². The van der Waals surface area contributed by atoms with Crippen LogP contribution in [0.2, 0.25) is 0 Å². The average Bonchev–Trinajstić information content (AvgIpc) is 1.60. The van der Waals surface area contributed by atoms with Crippen molar-refractivity contribution in [2.75, 3.05) is 0 Å². The molecule has 2 N–H and O–H groups in total. The Morgan fingerprint density at radius 1 is 1.60 bits per heavy atom. The summed E-state index contributed by atoms with van der Waals surface area (Å²) in [6.45, 7) is 2.53. The molecule has 0 spiro atoms. The number of nitrogens with one attached hydrogen (secondary N) is 1. The van der Waals surface area contributed by atoms with Crippen molar-refractivity contribution in [3.8, 4) is 0 Å². The zero-order valence-corrected chi connectivity index (χ0v) is 6.61. The molecule has 0 heterocycles. The van der Waals surface area contributed by atoms with Crippen LogP contribution in [0.3, 0.4) is 0 Å². The zero-order valence-electron chi connectivity index (χ0n) is 5.71. The number of carbonyl (C=O) groups excluding carboxylic acids is 1. The molecule has 0 bridgehead atoms. The van der Waals surface area contributed by atoms with Gasteiger partial charge >= 0.3 is 5.97 Å². The van der Waals surface area contributed by atoms with Gasteiger partial charge in [0.25, 0.3) is 0 Å². The summed E-state index contributed by atoms with van der Waals surface area (Å²) in [5.41, 5.74) is 0. The molecule has 5 heteroatoms. The highest BCUT2D eigenvalue weighted by Crippen LogP contribution is 2.07. The van der Waals surface area contributed by atoms with Crippen LogP contribution >= 0.6 is 12.6 Å². The van der Waals surface area contributed by atoms with E-state index in [1.54, 1.807) is 0 Å². The van der Waals surface area contributed by atoms with Crippen LogP contribution in [0.15, 0.2) is 0 Å². The predicted molar refractivity (Wildman–Crippen MR) is 38.8 cm³/mol. The number of carboxylic acids is 1. The minimum absolute atomic E-state index is 0.417. The van der Waals surface area contributed by atoms with Gasteiger partial charge in [0.2, 0.25) is 5.91 Å². The van der Waals surface area contributed by atoms with Crippen LogP contribution < -0.4 is 5.32 Å². The lowest BCUT2D eigenvalue weighted by Gasteiger charge is -2.18. The van der Waals surface area contributed by atoms with Crippen LogP contribution in [0.25, 0.3) is 0 Å². The maximum Gasteiger partial charge on any atom is 0.339 e. The molecule has 0 radical (unpaired) electrons. The third-order valence-corrected chi connectivity index (χ3v) is 1.14. The molecule has 0 aliphatic heterocycles. The van der Waals surface area contributed by atoms with Gasteiger partial charge in [-0.3, -0.25) is 4.79 Å². The predicted octanol–water partition coefficient (Wildman–Crippen LogP) is -0.147. The number of aliphatic carboxylic acids is 1. The summed E-state index contributed by atoms with van der Waals surface area (Å²) in [5, 5.41) is 10.5. The molecule has 0 unspecified atom stereocenters. The van der Waals surface area contributed by atoms with E-state index < -0.39 is 16.7 Å². The largest absolute Gasteiger partial charge is 0.479 e. The smallest absolute Gasteiger partial charge is 0.339 e. The Balaban J connectivity index is 4.13. The summed E-state index contributed by atoms with van der Waals surface area (Å²) in [6.07, 6.45) is 0. The standard InChI is InChI=1S/C5H9NO3S/c1-3(7)6-5(2,10)4(8)9/h10H,1-2H3,(H,6,7)(H,8,9)/t5-/m1/s1. The zero-order chi connectivity index (χ0) is 8.36. The fourth-order valence-corrected chi connectivity index (χ4v) is 0.554. The van der Waals surface area contributed by atoms with E-state index in [0.717, 1.165) is 0 Å². The Kier molecular flexibility index (Phi) is 2.71. The van der Waals surface area contributed by atoms with Gasteiger partial charge in [0.1, 0.15) is 0 Å². The highest BCUT2D eigenvalue weighted by atomic mass is 32.1. The van der Waals surface area contributed by atoms with Crippen molar-refractivity contribution >= 4 is 24.5 Å². The lowest BCUT2D eigenvalue weighted by molar-refractivity contribution is -0.142. The molecule has 0 aliphatic carbocycles. The normalized spacial score (nSPS) is 15.5. The molecule has 0 aromatic heterocycles. The molecule has 4 nitrogen and oxygen atoms in total. The lowest BCUT2D eigenvalue weighted by Crippen LogP contribution is -2.46. The fourth-order valence-electron chi connectivity index (χ4n) is 0.396. The highest BCUT2D eigenvalue weighted by molar-refractivity contribution is 7.82. The van der Waals surface area contributed by atoms with Crippen LogP contribution in [-0.2, 0) is 9.59 Å². The van der Waals surface area contributed by atoms with E-state index in [-0.39, 0.29) is 0 Å². The van der Waals surface area contributed by atoms with Gasteiger partial charge < -0.3 is 10.4 Å². The van der Waals surface area contributed by atoms with Crippen molar-refractivity contribution < 1.29 is 14.7 Å². The number of carboxylic acid groups (broad SMARTS) is 1. The molecule has 1 atom stereocenters. The second-order valence-electron chi connectivity index (χ2n) is 2.06. The van der Waals surface area contributed by atoms with Crippen molar-refractivity contribution in [1.82, 2.24) is 5.32 Å². The summed E-state index contributed by atoms with van der Waals surface area (Å²) in [6, 6.07) is 0. The lowest BCUT2D eigenvalue weighted by atomic mass is 10.3. The molecule has 1 amide bonds. The van der Waals surface area contributed by atoms with E-state index in [2.05, 4.69) is 17.9 Å². The van der Waals surface area contributed by atoms with Crippen LogP contribution in [0, 0.1) is 0 Å². The van der Waals surface area contributed by atoms with Crippen molar-refractivity contribution in [2.24, 2.45) is 0 Å². The van der Waals surface area contributed by atoms with Gasteiger partial charge in [-0.15, -0.1) is 12.6 Å². The van der Waals surface area contributed by atoms with Gasteiger partial charge in [-0.2, -0.15) is 0 Å². The van der Waals surface area contributed by atoms with Gasteiger partial charge in [0.05, 0.1) is 0 Å². The molecule has 0 aromatic rings. The molecule has 0 aliphatic rings. The van der Waals surface area contributed by atoms with E-state index in [4.69, 9.17) is 5.11 Å². The first-order valence-electron chi connectivity index (χ1n) is 2.61. The second kappa shape index (κ2) is 2.92. The molecule has 10 heavy (non-hydrogen) atoms. The van der Waals surface area contributed by atoms with Crippen molar-refractivity contribution in [2.45, 2.75) is 18.7 Å². The maximum absolute atomic E-state index is 10.3. The maximum atomic E-state index is 10.3. The van der Waals surface area contributed by atoms with Gasteiger partial charge in [-0.05, 0) is 6.92 Å². The highest BCUT2D eigenvalue weighted by Gasteiger charge is 2.28. The quantitative estimate of drug-likeness (QED) is 0.392. The number of thiol groups is 1. The summed E-state index contributed by atoms with van der Waals surface area (Å²) in [5.74, 6) is -1.59. The SMILES string of the molecule is CC(=O)N[C@](C)(S)C(=O)O. The fraction of sp³-hybridized carbons (Fsp3) is 0.600. The molecule has 0 saturated heterocycles. The molecule has 58 valence electrons. The number of hydrogen-bond donors (Lipinski definition) is 3. The van der Waals surface area contributed by atoms with Crippen molar-refractivity contribution in [1.29, 1.82) is 0 Å². The Bertz CT molecular complexity index is 166. The van der Waals surface area contributed by atoms with Gasteiger partial charge in [0.15, 0.2) is 4.87 Å². The van der Waals surface area contributed by atoms with E-state index in [9.17, 15) is 9.59 Å². The van der Waals surface area contributed by atoms with Crippen molar-refractivity contribution in [3.63, 3.8) is 0 Å². The first kappa shape index (κ1) is 9.29. The number of rotatable bonds is 2. The number of hydrogen-bond acceptors (Lipinski definition) is 3. The monoisotopic (exact) mass is 163 g/mol. The molecule has 0 aromatic carbocycles. The van der Waals surface area contributed by atoms with Crippen LogP contribution in [0.1, 0.15) is 13.8 Å². The summed E-state index contributed by atoms with van der Waals surface area (Å²) in [4.78, 5) is 19.1. The summed E-state index contributed by atoms with van der Waals surface area (Å²) < 4.78 is 0. The van der Waals surface area contributed by atoms with E-state index in [0.29, 0.717) is 0 Å². The minimum atomic E-state index is -1.47. The molecular weight excluding hydrogens is 154 g/mol. The molecule has 0 saturated carbocycles. The van der Waals surface area contributed by atoms with Gasteiger partial charge in [0, 0.05) is 6.92 Å². The topological polar surface area (TPSA) is 66.4 Å². The molecular formula is C5H9NO3S. The molecule has 0 rings (SSSR count). The average molecular weight is 163 g/mol. The van der Waals surface area contributed by atoms with E-state index in [1.165, 1.54) is 13.8 Å². The summed E-state index contributed by atoms with van der Waals surface area (Å²) >= 11 is 3.69. The molecule has 0 fully saturated rings. The van der Waals surface area contributed by atoms with Crippen LogP contribution in [-0.4, -0.2) is 21.9 Å². The third-order valence-electron chi connectivity index (χ3n) is 0.836. The van der Waals surface area contributed by atoms with Crippen molar-refractivity contribution in [3.05, 3.63) is 0 Å². The van der Waals surface area contributed by atoms with Gasteiger partial charge in [-0.25, -0.2) is 4.79 Å². The van der Waals surface area contributed by atoms with E-state index in [1.807, 2.05) is 0 Å². The first-order chi connectivity index (χ1) is 4.36. The third kappa shape index (κ3) is 2.72. The Labute approximate surface area is 64.0 Å². The number of amides is 1. The minimum Gasteiger partial charge on any atom is -0.479 e. The first-order valence-corrected chi connectivity index (χ1v) is 3.05. The number of carbonyl (C=O) groups is 2.